The van der Waals surface area contributed by atoms with Crippen LogP contribution < -0.4 is 26.8 Å². The molecule has 0 unspecified atom stereocenters. The van der Waals surface area contributed by atoms with Crippen LogP contribution in [0.25, 0.3) is 51.1 Å². The highest BCUT2D eigenvalue weighted by Crippen LogP contribution is 2.37. The van der Waals surface area contributed by atoms with Crippen LogP contribution >= 0.6 is 0 Å². The van der Waals surface area contributed by atoms with Crippen molar-refractivity contribution in [1.82, 2.24) is 19.7 Å². The minimum Gasteiger partial charge on any atom is -0.493 e. The van der Waals surface area contributed by atoms with Gasteiger partial charge in [0.25, 0.3) is 17.0 Å². The molecule has 236 valence electrons. The monoisotopic (exact) mass is 642 g/mol. The number of aromatic amines is 2. The van der Waals surface area contributed by atoms with Gasteiger partial charge in [0.05, 0.1) is 22.3 Å². The van der Waals surface area contributed by atoms with E-state index >= 15 is 0 Å². The third kappa shape index (κ3) is 5.04. The van der Waals surface area contributed by atoms with E-state index in [0.29, 0.717) is 39.0 Å². The number of nitrogens with zero attached hydrogens (tertiary/aromatic N) is 4. The molecule has 0 saturated carbocycles. The van der Waals surface area contributed by atoms with Crippen molar-refractivity contribution >= 4 is 34.8 Å². The maximum atomic E-state index is 13.9. The van der Waals surface area contributed by atoms with E-state index in [4.69, 9.17) is 0 Å². The van der Waals surface area contributed by atoms with Crippen LogP contribution in [-0.4, -0.2) is 30.8 Å². The Morgan fingerprint density at radius 2 is 1.20 bits per heavy atom. The van der Waals surface area contributed by atoms with Crippen molar-refractivity contribution in [2.45, 2.75) is 0 Å². The first-order valence-corrected chi connectivity index (χ1v) is 15.5. The Morgan fingerprint density at radius 1 is 0.633 bits per heavy atom. The molecule has 0 saturated heterocycles. The lowest BCUT2D eigenvalue weighted by Gasteiger charge is -2.12. The van der Waals surface area contributed by atoms with Crippen molar-refractivity contribution in [3.63, 3.8) is 0 Å². The summed E-state index contributed by atoms with van der Waals surface area (Å²) < 4.78 is 1.38. The molecule has 10 nitrogen and oxygen atoms in total. The number of anilines is 1. The van der Waals surface area contributed by atoms with Crippen LogP contribution in [0.2, 0.25) is 0 Å². The number of H-pyrrole nitrogens is 2. The SMILES string of the molecule is O=C1c2c(-c3ccccc3)/c(=C\C=Cc3c(-c4ccccc4)c4c(O)n(-c5ccccc5)nc4[nH]c3=O)c(=O)[nH]c2=NN1c1ccccc1. The highest BCUT2D eigenvalue weighted by atomic mass is 16.3. The van der Waals surface area contributed by atoms with Crippen molar-refractivity contribution in [2.75, 3.05) is 5.01 Å². The number of rotatable bonds is 6. The summed E-state index contributed by atoms with van der Waals surface area (Å²) >= 11 is 0. The predicted molar refractivity (Wildman–Crippen MR) is 189 cm³/mol. The number of aromatic hydroxyl groups is 1. The lowest BCUT2D eigenvalue weighted by Crippen LogP contribution is -2.38. The molecule has 1 aliphatic rings. The Hall–Kier alpha value is -7.07. The van der Waals surface area contributed by atoms with E-state index in [1.807, 2.05) is 84.9 Å². The number of allylic oxidation sites excluding steroid dienone is 1. The topological polar surface area (TPSA) is 136 Å². The number of carbonyl (C=O) groups excluding carboxylic acids is 1. The summed E-state index contributed by atoms with van der Waals surface area (Å²) in [7, 11) is 0. The summed E-state index contributed by atoms with van der Waals surface area (Å²) in [5.74, 6) is -0.518. The zero-order chi connectivity index (χ0) is 33.5. The highest BCUT2D eigenvalue weighted by Gasteiger charge is 2.30. The minimum absolute atomic E-state index is 0.137. The molecule has 0 fully saturated rings. The number of para-hydroxylation sites is 2. The molecule has 3 aromatic heterocycles. The Kier molecular flexibility index (Phi) is 7.15. The van der Waals surface area contributed by atoms with Gasteiger partial charge >= 0.3 is 0 Å². The van der Waals surface area contributed by atoms with Crippen molar-refractivity contribution < 1.29 is 9.90 Å². The van der Waals surface area contributed by atoms with E-state index in [0.717, 1.165) is 0 Å². The molecule has 0 radical (unpaired) electrons. The number of amides is 1. The second-order valence-electron chi connectivity index (χ2n) is 11.3. The van der Waals surface area contributed by atoms with Crippen molar-refractivity contribution in [3.8, 4) is 33.8 Å². The first-order valence-electron chi connectivity index (χ1n) is 15.5. The smallest absolute Gasteiger partial charge is 0.283 e. The van der Waals surface area contributed by atoms with Crippen LogP contribution in [0.3, 0.4) is 0 Å². The molecule has 0 aliphatic carbocycles. The van der Waals surface area contributed by atoms with E-state index in [9.17, 15) is 19.5 Å². The molecule has 3 N–H and O–H groups in total. The number of hydrogen-bond acceptors (Lipinski definition) is 6. The number of aromatic nitrogens is 4. The van der Waals surface area contributed by atoms with E-state index in [-0.39, 0.29) is 39.3 Å². The molecule has 1 amide bonds. The van der Waals surface area contributed by atoms with Crippen molar-refractivity contribution in [3.05, 3.63) is 170 Å². The number of hydrogen-bond donors (Lipinski definition) is 3. The fourth-order valence-corrected chi connectivity index (χ4v) is 6.15. The molecule has 4 aromatic carbocycles. The Morgan fingerprint density at radius 3 is 1.84 bits per heavy atom. The molecule has 10 heteroatoms. The van der Waals surface area contributed by atoms with Crippen LogP contribution in [0.1, 0.15) is 15.9 Å². The highest BCUT2D eigenvalue weighted by molar-refractivity contribution is 6.11. The Labute approximate surface area is 277 Å². The second-order valence-corrected chi connectivity index (χ2v) is 11.3. The van der Waals surface area contributed by atoms with Gasteiger partial charge in [-0.05, 0) is 47.5 Å². The van der Waals surface area contributed by atoms with Gasteiger partial charge < -0.3 is 15.1 Å². The van der Waals surface area contributed by atoms with Gasteiger partial charge in [-0.15, -0.1) is 10.2 Å². The number of benzene rings is 4. The van der Waals surface area contributed by atoms with Crippen LogP contribution in [0.5, 0.6) is 5.88 Å². The molecule has 0 spiro atoms. The summed E-state index contributed by atoms with van der Waals surface area (Å²) in [6.45, 7) is 0. The van der Waals surface area contributed by atoms with Crippen molar-refractivity contribution in [1.29, 1.82) is 0 Å². The lowest BCUT2D eigenvalue weighted by atomic mass is 9.97. The number of nitrogens with one attached hydrogen (secondary N) is 2. The summed E-state index contributed by atoms with van der Waals surface area (Å²) in [5, 5.41) is 22.3. The standard InChI is InChI=1S/C39H26N6O4/c46-36-28(30(24-14-5-1-6-15-24)32-34(40-36)42-44(38(32)48)26-18-9-3-10-19-26)22-13-23-29-31(25-16-7-2-8-17-25)33-35(41-37(29)47)43-45(39(33)49)27-20-11-4-12-21-27/h1-23,48H,(H,40,42,46)(H,41,43,47)/b22-13?,29-23+. The lowest BCUT2D eigenvalue weighted by molar-refractivity contribution is 0.0995. The molecule has 8 rings (SSSR count). The average molecular weight is 643 g/mol. The van der Waals surface area contributed by atoms with Gasteiger partial charge in [0.15, 0.2) is 11.1 Å². The maximum Gasteiger partial charge on any atom is 0.283 e. The molecular weight excluding hydrogens is 616 g/mol. The van der Waals surface area contributed by atoms with Crippen LogP contribution in [0, 0.1) is 0 Å². The van der Waals surface area contributed by atoms with Gasteiger partial charge in [0.2, 0.25) is 5.88 Å². The van der Waals surface area contributed by atoms with Gasteiger partial charge in [0.1, 0.15) is 0 Å². The van der Waals surface area contributed by atoms with Crippen LogP contribution in [0.4, 0.5) is 5.69 Å². The Balaban J connectivity index is 1.33. The zero-order valence-corrected chi connectivity index (χ0v) is 25.7. The normalized spacial score (nSPS) is 12.9. The molecule has 49 heavy (non-hydrogen) atoms. The van der Waals surface area contributed by atoms with Crippen LogP contribution in [0.15, 0.2) is 142 Å². The Bertz CT molecular complexity index is 2660. The molecule has 7 aromatic rings. The van der Waals surface area contributed by atoms with E-state index in [2.05, 4.69) is 20.2 Å². The third-order valence-corrected chi connectivity index (χ3v) is 8.35. The third-order valence-electron chi connectivity index (χ3n) is 8.35. The van der Waals surface area contributed by atoms with E-state index in [1.165, 1.54) is 9.69 Å². The number of pyridine rings is 2. The molecule has 0 bridgehead atoms. The van der Waals surface area contributed by atoms with Crippen molar-refractivity contribution in [2.24, 2.45) is 5.10 Å². The maximum absolute atomic E-state index is 13.9. The van der Waals surface area contributed by atoms with Gasteiger partial charge in [-0.25, -0.2) is 0 Å². The summed E-state index contributed by atoms with van der Waals surface area (Å²) in [6.07, 6.45) is 4.76. The van der Waals surface area contributed by atoms with E-state index in [1.54, 1.807) is 54.6 Å². The fraction of sp³-hybridized carbons (Fsp3) is 0. The van der Waals surface area contributed by atoms with Crippen LogP contribution in [-0.2, 0) is 0 Å². The number of fused-ring (bicyclic) bond motifs is 2. The molecular formula is C39H26N6O4. The van der Waals surface area contributed by atoms with Gasteiger partial charge in [-0.3, -0.25) is 14.4 Å². The first kappa shape index (κ1) is 29.3. The molecule has 0 atom stereocenters. The second kappa shape index (κ2) is 11.9. The summed E-state index contributed by atoms with van der Waals surface area (Å²) in [4.78, 5) is 46.8. The predicted octanol–water partition coefficient (Wildman–Crippen LogP) is 5.13. The fourth-order valence-electron chi connectivity index (χ4n) is 6.15. The zero-order valence-electron chi connectivity index (χ0n) is 25.7. The average Bonchev–Trinajstić information content (AvgIpc) is 3.64. The number of carbonyl (C=O) groups is 1. The van der Waals surface area contributed by atoms with Gasteiger partial charge in [0, 0.05) is 21.9 Å². The molecule has 4 heterocycles. The summed E-state index contributed by atoms with van der Waals surface area (Å²) in [5.41, 5.74) is 3.43. The molecule has 1 aliphatic heterocycles. The first-order chi connectivity index (χ1) is 24.0. The quantitative estimate of drug-likeness (QED) is 0.231. The minimum atomic E-state index is -0.455. The van der Waals surface area contributed by atoms with Gasteiger partial charge in [-0.1, -0.05) is 103 Å². The van der Waals surface area contributed by atoms with Gasteiger partial charge in [-0.2, -0.15) is 9.69 Å². The largest absolute Gasteiger partial charge is 0.493 e. The summed E-state index contributed by atoms with van der Waals surface area (Å²) in [6, 6.07) is 36.5. The van der Waals surface area contributed by atoms with E-state index < -0.39 is 11.1 Å².